The standard InChI is InChI=1S/C16H27NO13/c1-4-27-17-5-9(8(20)11(13(21)22)29-15(5)26-3)28-16-7(19)6(18)10(25-2)12(30-16)14(23)24/h5-12,15-20H,4H2,1-3H3,(H,21,22)(H,23,24). The highest BCUT2D eigenvalue weighted by atomic mass is 16.7. The number of aliphatic hydroxyl groups is 3. The highest BCUT2D eigenvalue weighted by Crippen LogP contribution is 2.30. The van der Waals surface area contributed by atoms with Crippen molar-refractivity contribution in [1.29, 1.82) is 0 Å². The molecule has 10 unspecified atom stereocenters. The van der Waals surface area contributed by atoms with Crippen LogP contribution in [0.5, 0.6) is 0 Å². The van der Waals surface area contributed by atoms with Crippen LogP contribution < -0.4 is 5.48 Å². The van der Waals surface area contributed by atoms with Gasteiger partial charge in [-0.05, 0) is 6.92 Å². The molecule has 0 radical (unpaired) electrons. The molecule has 10 atom stereocenters. The molecule has 6 N–H and O–H groups in total. The van der Waals surface area contributed by atoms with Crippen LogP contribution in [0.25, 0.3) is 0 Å². The van der Waals surface area contributed by atoms with E-state index in [2.05, 4.69) is 5.48 Å². The Kier molecular flexibility index (Phi) is 8.86. The first-order valence-electron chi connectivity index (χ1n) is 9.06. The van der Waals surface area contributed by atoms with Gasteiger partial charge in [0, 0.05) is 14.2 Å². The van der Waals surface area contributed by atoms with Gasteiger partial charge in [-0.25, -0.2) is 9.59 Å². The fourth-order valence-corrected chi connectivity index (χ4v) is 3.29. The summed E-state index contributed by atoms with van der Waals surface area (Å²) in [7, 11) is 2.35. The molecule has 2 fully saturated rings. The van der Waals surface area contributed by atoms with Gasteiger partial charge in [-0.15, -0.1) is 0 Å². The second kappa shape index (κ2) is 10.7. The van der Waals surface area contributed by atoms with E-state index in [0.717, 1.165) is 7.11 Å². The molecule has 174 valence electrons. The third-order valence-corrected chi connectivity index (χ3v) is 4.77. The molecule has 0 aromatic carbocycles. The van der Waals surface area contributed by atoms with Crippen LogP contribution in [0.1, 0.15) is 6.92 Å². The normalized spacial score (nSPS) is 42.1. The van der Waals surface area contributed by atoms with Gasteiger partial charge in [-0.1, -0.05) is 0 Å². The molecule has 2 aliphatic heterocycles. The molecule has 0 aromatic heterocycles. The molecule has 2 heterocycles. The second-order valence-corrected chi connectivity index (χ2v) is 6.61. The molecule has 14 heteroatoms. The molecule has 0 saturated carbocycles. The zero-order valence-electron chi connectivity index (χ0n) is 16.5. The maximum absolute atomic E-state index is 11.5. The monoisotopic (exact) mass is 441 g/mol. The summed E-state index contributed by atoms with van der Waals surface area (Å²) in [6, 6.07) is -1.11. The van der Waals surface area contributed by atoms with E-state index in [4.69, 9.17) is 28.5 Å². The fraction of sp³-hybridized carbons (Fsp3) is 0.875. The number of nitrogens with one attached hydrogen (secondary N) is 1. The molecule has 2 rings (SSSR count). The largest absolute Gasteiger partial charge is 0.479 e. The number of aliphatic carboxylic acids is 2. The van der Waals surface area contributed by atoms with E-state index in [1.165, 1.54) is 7.11 Å². The van der Waals surface area contributed by atoms with Gasteiger partial charge in [-0.3, -0.25) is 0 Å². The Balaban J connectivity index is 2.31. The summed E-state index contributed by atoms with van der Waals surface area (Å²) in [5.74, 6) is -3.00. The van der Waals surface area contributed by atoms with Gasteiger partial charge in [0.25, 0.3) is 0 Å². The first-order chi connectivity index (χ1) is 14.2. The maximum atomic E-state index is 11.5. The Bertz CT molecular complexity index is 591. The van der Waals surface area contributed by atoms with Crippen LogP contribution in [-0.2, 0) is 38.1 Å². The zero-order chi connectivity index (χ0) is 22.6. The Morgan fingerprint density at radius 1 is 0.867 bits per heavy atom. The van der Waals surface area contributed by atoms with Crippen LogP contribution in [0.4, 0.5) is 0 Å². The Labute approximate surface area is 171 Å². The van der Waals surface area contributed by atoms with Gasteiger partial charge in [0.15, 0.2) is 24.8 Å². The van der Waals surface area contributed by atoms with Crippen molar-refractivity contribution in [2.75, 3.05) is 20.8 Å². The van der Waals surface area contributed by atoms with Crippen LogP contribution in [-0.4, -0.2) is 120 Å². The number of rotatable bonds is 9. The first-order valence-corrected chi connectivity index (χ1v) is 9.06. The van der Waals surface area contributed by atoms with Crippen LogP contribution in [0.15, 0.2) is 0 Å². The Hall–Kier alpha value is -1.46. The molecule has 0 amide bonds. The van der Waals surface area contributed by atoms with Gasteiger partial charge >= 0.3 is 11.9 Å². The predicted molar refractivity (Wildman–Crippen MR) is 91.8 cm³/mol. The minimum Gasteiger partial charge on any atom is -0.479 e. The summed E-state index contributed by atoms with van der Waals surface area (Å²) in [6.07, 6.45) is -14.7. The van der Waals surface area contributed by atoms with Crippen molar-refractivity contribution < 1.29 is 63.6 Å². The SMILES string of the molecule is CCONC1C(OC)OC(C(=O)O)C(O)C1OC1OC(C(=O)O)C(OC)C(O)C1O. The topological polar surface area (TPSA) is 203 Å². The van der Waals surface area contributed by atoms with E-state index in [-0.39, 0.29) is 6.61 Å². The predicted octanol–water partition coefficient (Wildman–Crippen LogP) is -3.36. The molecule has 0 aromatic rings. The number of carbonyl (C=O) groups is 2. The summed E-state index contributed by atoms with van der Waals surface area (Å²) >= 11 is 0. The number of hydrogen-bond donors (Lipinski definition) is 6. The number of methoxy groups -OCH3 is 2. The number of hydrogen-bond acceptors (Lipinski definition) is 12. The molecule has 0 spiro atoms. The summed E-state index contributed by atoms with van der Waals surface area (Å²) in [5.41, 5.74) is 2.51. The quantitative estimate of drug-likeness (QED) is 0.194. The van der Waals surface area contributed by atoms with E-state index in [0.29, 0.717) is 0 Å². The number of hydroxylamine groups is 1. The van der Waals surface area contributed by atoms with E-state index in [9.17, 15) is 35.1 Å². The highest BCUT2D eigenvalue weighted by Gasteiger charge is 2.54. The van der Waals surface area contributed by atoms with Crippen molar-refractivity contribution in [3.05, 3.63) is 0 Å². The molecule has 2 saturated heterocycles. The molecule has 0 bridgehead atoms. The first kappa shape index (κ1) is 24.8. The number of carboxylic acid groups (broad SMARTS) is 2. The number of carboxylic acids is 2. The van der Waals surface area contributed by atoms with Gasteiger partial charge in [0.1, 0.15) is 36.6 Å². The molecule has 0 aliphatic carbocycles. The lowest BCUT2D eigenvalue weighted by Gasteiger charge is -2.46. The van der Waals surface area contributed by atoms with Gasteiger partial charge in [0.05, 0.1) is 6.61 Å². The minimum absolute atomic E-state index is 0.177. The second-order valence-electron chi connectivity index (χ2n) is 6.61. The van der Waals surface area contributed by atoms with Crippen molar-refractivity contribution in [1.82, 2.24) is 5.48 Å². The average Bonchev–Trinajstić information content (AvgIpc) is 2.70. The van der Waals surface area contributed by atoms with Crippen LogP contribution in [0.2, 0.25) is 0 Å². The van der Waals surface area contributed by atoms with E-state index >= 15 is 0 Å². The Morgan fingerprint density at radius 3 is 1.97 bits per heavy atom. The lowest BCUT2D eigenvalue weighted by molar-refractivity contribution is -0.342. The van der Waals surface area contributed by atoms with Crippen molar-refractivity contribution in [2.45, 2.75) is 68.3 Å². The van der Waals surface area contributed by atoms with Crippen molar-refractivity contribution >= 4 is 11.9 Å². The highest BCUT2D eigenvalue weighted by molar-refractivity contribution is 5.74. The molecular formula is C16H27NO13. The van der Waals surface area contributed by atoms with E-state index in [1.54, 1.807) is 6.92 Å². The van der Waals surface area contributed by atoms with Gasteiger partial charge in [0.2, 0.25) is 0 Å². The van der Waals surface area contributed by atoms with Crippen molar-refractivity contribution in [3.8, 4) is 0 Å². The number of aliphatic hydroxyl groups excluding tert-OH is 3. The molecule has 14 nitrogen and oxygen atoms in total. The zero-order valence-corrected chi connectivity index (χ0v) is 16.5. The van der Waals surface area contributed by atoms with Gasteiger partial charge < -0.3 is 54.1 Å². The molecule has 30 heavy (non-hydrogen) atoms. The van der Waals surface area contributed by atoms with Crippen LogP contribution in [0.3, 0.4) is 0 Å². The lowest BCUT2D eigenvalue weighted by Crippen LogP contribution is -2.68. The van der Waals surface area contributed by atoms with E-state index in [1.807, 2.05) is 0 Å². The summed E-state index contributed by atoms with van der Waals surface area (Å²) < 4.78 is 26.0. The summed E-state index contributed by atoms with van der Waals surface area (Å²) in [4.78, 5) is 28.0. The van der Waals surface area contributed by atoms with Crippen molar-refractivity contribution in [2.24, 2.45) is 0 Å². The van der Waals surface area contributed by atoms with Crippen LogP contribution in [0, 0.1) is 0 Å². The van der Waals surface area contributed by atoms with Gasteiger partial charge in [-0.2, -0.15) is 5.48 Å². The Morgan fingerprint density at radius 2 is 1.47 bits per heavy atom. The van der Waals surface area contributed by atoms with Crippen LogP contribution >= 0.6 is 0 Å². The summed E-state index contributed by atoms with van der Waals surface area (Å²) in [5, 5.41) is 49.7. The van der Waals surface area contributed by atoms with Crippen molar-refractivity contribution in [3.63, 3.8) is 0 Å². The fourth-order valence-electron chi connectivity index (χ4n) is 3.29. The van der Waals surface area contributed by atoms with E-state index < -0.39 is 73.3 Å². The maximum Gasteiger partial charge on any atom is 0.335 e. The number of ether oxygens (including phenoxy) is 5. The molecular weight excluding hydrogens is 414 g/mol. The smallest absolute Gasteiger partial charge is 0.335 e. The summed E-state index contributed by atoms with van der Waals surface area (Å²) in [6.45, 7) is 1.83. The molecule has 2 aliphatic rings. The average molecular weight is 441 g/mol. The third-order valence-electron chi connectivity index (χ3n) is 4.77. The minimum atomic E-state index is -1.80. The third kappa shape index (κ3) is 5.05. The lowest BCUT2D eigenvalue weighted by atomic mass is 9.95.